The molecular weight excluding hydrogens is 312 g/mol. The second-order valence-corrected chi connectivity index (χ2v) is 5.09. The lowest BCUT2D eigenvalue weighted by Gasteiger charge is -2.06. The van der Waals surface area contributed by atoms with E-state index in [-0.39, 0.29) is 0 Å². The summed E-state index contributed by atoms with van der Waals surface area (Å²) < 4.78 is 10.5. The van der Waals surface area contributed by atoms with Gasteiger partial charge in [0.2, 0.25) is 6.79 Å². The molecule has 0 fully saturated rings. The summed E-state index contributed by atoms with van der Waals surface area (Å²) in [4.78, 5) is 0.461. The lowest BCUT2D eigenvalue weighted by Crippen LogP contribution is -2.03. The summed E-state index contributed by atoms with van der Waals surface area (Å²) in [5, 5.41) is 0.946. The van der Waals surface area contributed by atoms with Crippen LogP contribution in [0.15, 0.2) is 18.2 Å². The first-order valence-electron chi connectivity index (χ1n) is 4.38. The second kappa shape index (κ2) is 4.53. The van der Waals surface area contributed by atoms with Gasteiger partial charge in [-0.25, -0.2) is 0 Å². The molecule has 0 saturated heterocycles. The van der Waals surface area contributed by atoms with Gasteiger partial charge in [-0.1, -0.05) is 37.9 Å². The Kier molecular flexibility index (Phi) is 3.34. The van der Waals surface area contributed by atoms with Crippen molar-refractivity contribution >= 4 is 31.9 Å². The average Bonchev–Trinajstić information content (AvgIpc) is 2.64. The Labute approximate surface area is 99.8 Å². The van der Waals surface area contributed by atoms with Gasteiger partial charge in [0.25, 0.3) is 0 Å². The minimum absolute atomic E-state index is 0.342. The fourth-order valence-corrected chi connectivity index (χ4v) is 1.98. The molecule has 0 saturated carbocycles. The predicted molar refractivity (Wildman–Crippen MR) is 62.8 cm³/mol. The van der Waals surface area contributed by atoms with E-state index >= 15 is 0 Å². The first-order chi connectivity index (χ1) is 6.79. The lowest BCUT2D eigenvalue weighted by atomic mass is 10.1. The van der Waals surface area contributed by atoms with Gasteiger partial charge in [0, 0.05) is 10.2 Å². The topological polar surface area (TPSA) is 18.5 Å². The number of ether oxygens (including phenoxy) is 2. The van der Waals surface area contributed by atoms with E-state index in [0.717, 1.165) is 23.2 Å². The quantitative estimate of drug-likeness (QED) is 0.796. The van der Waals surface area contributed by atoms with Crippen LogP contribution in [0.4, 0.5) is 0 Å². The molecule has 0 N–H and O–H groups in total. The molecule has 1 aromatic rings. The van der Waals surface area contributed by atoms with Gasteiger partial charge in [-0.15, -0.1) is 0 Å². The minimum Gasteiger partial charge on any atom is -0.454 e. The van der Waals surface area contributed by atoms with Crippen molar-refractivity contribution in [1.82, 2.24) is 0 Å². The van der Waals surface area contributed by atoms with Crippen molar-refractivity contribution < 1.29 is 9.47 Å². The molecule has 0 amide bonds. The van der Waals surface area contributed by atoms with Crippen LogP contribution in [0, 0.1) is 0 Å². The van der Waals surface area contributed by atoms with Gasteiger partial charge in [-0.05, 0) is 24.1 Å². The van der Waals surface area contributed by atoms with Crippen molar-refractivity contribution in [2.24, 2.45) is 0 Å². The van der Waals surface area contributed by atoms with E-state index in [0.29, 0.717) is 11.6 Å². The Morgan fingerprint density at radius 2 is 2.07 bits per heavy atom. The number of alkyl halides is 2. The van der Waals surface area contributed by atoms with E-state index in [4.69, 9.17) is 9.47 Å². The van der Waals surface area contributed by atoms with Crippen LogP contribution in [0.2, 0.25) is 0 Å². The van der Waals surface area contributed by atoms with Crippen LogP contribution in [0.5, 0.6) is 11.5 Å². The first-order valence-corrected chi connectivity index (χ1v) is 6.42. The molecule has 1 aliphatic rings. The van der Waals surface area contributed by atoms with Gasteiger partial charge in [0.15, 0.2) is 11.5 Å². The van der Waals surface area contributed by atoms with Crippen molar-refractivity contribution in [2.75, 3.05) is 12.1 Å². The molecule has 76 valence electrons. The molecule has 0 aromatic heterocycles. The highest BCUT2D eigenvalue weighted by molar-refractivity contribution is 9.12. The minimum atomic E-state index is 0.342. The van der Waals surface area contributed by atoms with Crippen LogP contribution >= 0.6 is 31.9 Å². The lowest BCUT2D eigenvalue weighted by molar-refractivity contribution is 0.174. The highest BCUT2D eigenvalue weighted by Crippen LogP contribution is 2.33. The number of hydrogen-bond donors (Lipinski definition) is 0. The Balaban J connectivity index is 2.12. The zero-order valence-electron chi connectivity index (χ0n) is 7.50. The second-order valence-electron chi connectivity index (χ2n) is 3.14. The summed E-state index contributed by atoms with van der Waals surface area (Å²) in [6.45, 7) is 0.342. The summed E-state index contributed by atoms with van der Waals surface area (Å²) in [5.41, 5.74) is 1.26. The summed E-state index contributed by atoms with van der Waals surface area (Å²) in [6.07, 6.45) is 0.988. The monoisotopic (exact) mass is 320 g/mol. The van der Waals surface area contributed by atoms with Crippen LogP contribution in [-0.2, 0) is 6.42 Å². The van der Waals surface area contributed by atoms with Gasteiger partial charge in [0.05, 0.1) is 0 Å². The SMILES string of the molecule is BrC[C@H](Br)Cc1ccc2c(c1)OCO2. The number of fused-ring (bicyclic) bond motifs is 1. The summed E-state index contributed by atoms with van der Waals surface area (Å²) in [6, 6.07) is 6.08. The molecule has 0 unspecified atom stereocenters. The number of rotatable bonds is 3. The molecule has 0 bridgehead atoms. The van der Waals surface area contributed by atoms with Crippen LogP contribution in [-0.4, -0.2) is 17.0 Å². The zero-order chi connectivity index (χ0) is 9.97. The van der Waals surface area contributed by atoms with E-state index in [9.17, 15) is 0 Å². The van der Waals surface area contributed by atoms with Crippen molar-refractivity contribution in [1.29, 1.82) is 0 Å². The molecule has 2 nitrogen and oxygen atoms in total. The van der Waals surface area contributed by atoms with E-state index in [2.05, 4.69) is 37.9 Å². The molecule has 1 aliphatic heterocycles. The van der Waals surface area contributed by atoms with E-state index in [1.807, 2.05) is 12.1 Å². The molecule has 1 atom stereocenters. The zero-order valence-corrected chi connectivity index (χ0v) is 10.7. The first kappa shape index (κ1) is 10.3. The maximum atomic E-state index is 5.31. The Morgan fingerprint density at radius 3 is 2.86 bits per heavy atom. The number of hydrogen-bond acceptors (Lipinski definition) is 2. The van der Waals surface area contributed by atoms with E-state index in [1.54, 1.807) is 0 Å². The van der Waals surface area contributed by atoms with Gasteiger partial charge in [-0.3, -0.25) is 0 Å². The molecular formula is C10H10Br2O2. The van der Waals surface area contributed by atoms with Crippen molar-refractivity contribution in [3.8, 4) is 11.5 Å². The van der Waals surface area contributed by atoms with Crippen LogP contribution < -0.4 is 9.47 Å². The Bertz CT molecular complexity index is 328. The summed E-state index contributed by atoms with van der Waals surface area (Å²) in [7, 11) is 0. The molecule has 0 radical (unpaired) electrons. The van der Waals surface area contributed by atoms with Crippen LogP contribution in [0.3, 0.4) is 0 Å². The normalized spacial score (nSPS) is 15.6. The summed E-state index contributed by atoms with van der Waals surface area (Å²) >= 11 is 7.01. The van der Waals surface area contributed by atoms with Crippen LogP contribution in [0.25, 0.3) is 0 Å². The van der Waals surface area contributed by atoms with Crippen molar-refractivity contribution in [2.45, 2.75) is 11.2 Å². The standard InChI is InChI=1S/C10H10Br2O2/c11-5-8(12)3-7-1-2-9-10(4-7)14-6-13-9/h1-2,4,8H,3,5-6H2/t8-/m1/s1. The van der Waals surface area contributed by atoms with E-state index < -0.39 is 0 Å². The molecule has 0 aliphatic carbocycles. The Hall–Kier alpha value is -0.220. The molecule has 1 heterocycles. The third kappa shape index (κ3) is 2.23. The van der Waals surface area contributed by atoms with E-state index in [1.165, 1.54) is 5.56 Å². The predicted octanol–water partition coefficient (Wildman–Crippen LogP) is 3.12. The highest BCUT2D eigenvalue weighted by atomic mass is 79.9. The molecule has 0 spiro atoms. The third-order valence-corrected chi connectivity index (χ3v) is 4.36. The highest BCUT2D eigenvalue weighted by Gasteiger charge is 2.14. The maximum Gasteiger partial charge on any atom is 0.231 e. The average molecular weight is 322 g/mol. The van der Waals surface area contributed by atoms with Gasteiger partial charge in [0.1, 0.15) is 0 Å². The van der Waals surface area contributed by atoms with Crippen LogP contribution in [0.1, 0.15) is 5.56 Å². The largest absolute Gasteiger partial charge is 0.454 e. The van der Waals surface area contributed by atoms with Gasteiger partial charge >= 0.3 is 0 Å². The van der Waals surface area contributed by atoms with Crippen molar-refractivity contribution in [3.05, 3.63) is 23.8 Å². The smallest absolute Gasteiger partial charge is 0.231 e. The molecule has 14 heavy (non-hydrogen) atoms. The fraction of sp³-hybridized carbons (Fsp3) is 0.400. The molecule has 4 heteroatoms. The number of benzene rings is 1. The maximum absolute atomic E-state index is 5.31. The summed E-state index contributed by atoms with van der Waals surface area (Å²) in [5.74, 6) is 1.70. The van der Waals surface area contributed by atoms with Gasteiger partial charge in [-0.2, -0.15) is 0 Å². The fourth-order valence-electron chi connectivity index (χ4n) is 1.38. The Morgan fingerprint density at radius 1 is 1.29 bits per heavy atom. The third-order valence-electron chi connectivity index (χ3n) is 2.06. The van der Waals surface area contributed by atoms with Crippen molar-refractivity contribution in [3.63, 3.8) is 0 Å². The van der Waals surface area contributed by atoms with Gasteiger partial charge < -0.3 is 9.47 Å². The molecule has 1 aromatic carbocycles. The molecule has 2 rings (SSSR count). The number of halogens is 2.